The predicted octanol–water partition coefficient (Wildman–Crippen LogP) is 13.5. The van der Waals surface area contributed by atoms with E-state index in [0.29, 0.717) is 27.0 Å². The molecular weight excluding hydrogens is 1260 g/mol. The normalized spacial score (nSPS) is 14.2. The SMILES string of the molecule is C.C.C.CC(C)(C)OC(=O)N(C[C@H](Cc1c[nH]c2ccccc12)NS(=O)(=O)c1ccc([N+](=O)[O-])cc1)c1ncc(Br)s1.CC(C)(C)OC(=O)Nc1ncc(Br)s1.O=[N+]([O-])c1ccc(S(=O)(=O)N2C[C@H]2Cc2c[nH]c3ccccc23)cc1. The Kier molecular flexibility index (Phi) is 23.0. The molecule has 1 aliphatic rings. The Bertz CT molecular complexity index is 3670. The number of amides is 2. The number of para-hydroxylation sites is 2. The van der Waals surface area contributed by atoms with Gasteiger partial charge in [-0.1, -0.05) is 81.4 Å². The number of nitrogens with zero attached hydrogens (tertiary/aromatic N) is 6. The third kappa shape index (κ3) is 18.4. The van der Waals surface area contributed by atoms with Gasteiger partial charge in [-0.15, -0.1) is 0 Å². The molecule has 1 unspecified atom stereocenters. The van der Waals surface area contributed by atoms with Gasteiger partial charge in [0, 0.05) is 83.6 Å². The summed E-state index contributed by atoms with van der Waals surface area (Å²) < 4.78 is 68.4. The molecule has 28 heteroatoms. The van der Waals surface area contributed by atoms with Crippen LogP contribution in [0.3, 0.4) is 0 Å². The summed E-state index contributed by atoms with van der Waals surface area (Å²) in [6, 6.07) is 24.2. The Balaban J connectivity index is 0.000000287. The van der Waals surface area contributed by atoms with Crippen molar-refractivity contribution in [3.8, 4) is 0 Å². The molecule has 0 bridgehead atoms. The van der Waals surface area contributed by atoms with Gasteiger partial charge in [0.1, 0.15) is 11.2 Å². The lowest BCUT2D eigenvalue weighted by Crippen LogP contribution is -2.48. The number of benzene rings is 4. The summed E-state index contributed by atoms with van der Waals surface area (Å²) in [6.45, 7) is 11.0. The smallest absolute Gasteiger partial charge is 0.416 e. The first kappa shape index (κ1) is 66.8. The molecule has 0 radical (unpaired) electrons. The summed E-state index contributed by atoms with van der Waals surface area (Å²) in [7, 11) is -7.74. The number of carbonyl (C=O) groups is 2. The third-order valence-corrected chi connectivity index (χ3v) is 17.4. The van der Waals surface area contributed by atoms with Crippen LogP contribution in [-0.2, 0) is 42.4 Å². The van der Waals surface area contributed by atoms with Gasteiger partial charge in [-0.2, -0.15) is 4.31 Å². The standard InChI is InChI=1S/C25H26BrN5O6S2.C17H15N3O4S.C8H11BrN2O2S.3CH4/c1-25(2,3)37-24(32)30(23-28-14-22(26)38-23)15-17(12-16-13-27-21-7-5-4-6-20(16)21)29-39(35,36)19-10-8-18(9-11-19)31(33)34;21-20(22)13-5-7-15(8-6-13)25(23,24)19-11-14(19)9-12-10-18-17-4-2-1-3-16(12)17;1-8(2,3)13-7(12)11-6-10-4-5(9)14-6;;;/h4-11,13-14,17,27,29H,12,15H2,1-3H3;1-8,10,14,18H,9,11H2;4H,1-3H3,(H,10,11,12);3*1H4/t17-;14-,19?;;;;/m01..../s1. The third-order valence-electron chi connectivity index (χ3n) is 11.1. The highest BCUT2D eigenvalue weighted by Crippen LogP contribution is 2.34. The number of halogens is 2. The molecule has 81 heavy (non-hydrogen) atoms. The van der Waals surface area contributed by atoms with Crippen LogP contribution in [0.1, 0.15) is 74.9 Å². The minimum Gasteiger partial charge on any atom is -0.444 e. The van der Waals surface area contributed by atoms with Crippen LogP contribution >= 0.6 is 54.5 Å². The molecule has 436 valence electrons. The van der Waals surface area contributed by atoms with E-state index in [1.54, 1.807) is 39.4 Å². The van der Waals surface area contributed by atoms with Crippen molar-refractivity contribution in [3.63, 3.8) is 0 Å². The lowest BCUT2D eigenvalue weighted by atomic mass is 10.1. The van der Waals surface area contributed by atoms with E-state index in [1.807, 2.05) is 75.5 Å². The number of sulfonamides is 2. The monoisotopic (exact) mass is 1320 g/mol. The lowest BCUT2D eigenvalue weighted by molar-refractivity contribution is -0.385. The number of carbonyl (C=O) groups excluding carboxylic acids is 2. The highest BCUT2D eigenvalue weighted by Gasteiger charge is 2.44. The molecule has 22 nitrogen and oxygen atoms in total. The summed E-state index contributed by atoms with van der Waals surface area (Å²) in [5.41, 5.74) is 2.20. The molecule has 0 saturated carbocycles. The van der Waals surface area contributed by atoms with Gasteiger partial charge >= 0.3 is 12.2 Å². The van der Waals surface area contributed by atoms with Crippen molar-refractivity contribution in [2.24, 2.45) is 0 Å². The number of hydrogen-bond donors (Lipinski definition) is 4. The Morgan fingerprint density at radius 1 is 0.741 bits per heavy atom. The number of nitro groups is 2. The first-order valence-electron chi connectivity index (χ1n) is 23.5. The van der Waals surface area contributed by atoms with Crippen LogP contribution in [0, 0.1) is 20.2 Å². The zero-order chi connectivity index (χ0) is 56.7. The predicted molar refractivity (Wildman–Crippen MR) is 325 cm³/mol. The van der Waals surface area contributed by atoms with Crippen LogP contribution < -0.4 is 14.9 Å². The second-order valence-electron chi connectivity index (χ2n) is 19.3. The Hall–Kier alpha value is -6.66. The summed E-state index contributed by atoms with van der Waals surface area (Å²) in [5.74, 6) is 0. The lowest BCUT2D eigenvalue weighted by Gasteiger charge is -2.29. The van der Waals surface area contributed by atoms with Crippen LogP contribution in [0.15, 0.2) is 139 Å². The minimum absolute atomic E-state index is 0. The molecule has 3 atom stereocenters. The van der Waals surface area contributed by atoms with Gasteiger partial charge in [-0.3, -0.25) is 30.4 Å². The topological polar surface area (TPSA) is 295 Å². The quantitative estimate of drug-likeness (QED) is 0.0422. The zero-order valence-electron chi connectivity index (χ0n) is 42.5. The summed E-state index contributed by atoms with van der Waals surface area (Å²) >= 11 is 9.15. The fourth-order valence-corrected chi connectivity index (χ4v) is 12.7. The van der Waals surface area contributed by atoms with Crippen LogP contribution in [0.5, 0.6) is 0 Å². The number of nitro benzene ring substituents is 2. The van der Waals surface area contributed by atoms with Crippen LogP contribution in [0.2, 0.25) is 0 Å². The van der Waals surface area contributed by atoms with E-state index in [4.69, 9.17) is 9.47 Å². The highest BCUT2D eigenvalue weighted by atomic mass is 79.9. The Labute approximate surface area is 495 Å². The van der Waals surface area contributed by atoms with Crippen molar-refractivity contribution < 1.29 is 45.7 Å². The molecule has 4 N–H and O–H groups in total. The molecule has 1 fully saturated rings. The van der Waals surface area contributed by atoms with E-state index in [-0.39, 0.29) is 62.5 Å². The van der Waals surface area contributed by atoms with Gasteiger partial charge in [0.15, 0.2) is 10.3 Å². The van der Waals surface area contributed by atoms with E-state index >= 15 is 0 Å². The maximum atomic E-state index is 13.4. The molecule has 9 rings (SSSR count). The first-order valence-corrected chi connectivity index (χ1v) is 29.7. The van der Waals surface area contributed by atoms with Crippen molar-refractivity contribution in [2.45, 2.75) is 110 Å². The second kappa shape index (κ2) is 27.9. The summed E-state index contributed by atoms with van der Waals surface area (Å²) in [5, 5.41) is 27.1. The van der Waals surface area contributed by atoms with Crippen LogP contribution in [0.25, 0.3) is 21.8 Å². The largest absolute Gasteiger partial charge is 0.444 e. The molecule has 1 aliphatic heterocycles. The van der Waals surface area contributed by atoms with Crippen molar-refractivity contribution in [1.29, 1.82) is 0 Å². The van der Waals surface area contributed by atoms with E-state index < -0.39 is 59.3 Å². The van der Waals surface area contributed by atoms with Crippen LogP contribution in [0.4, 0.5) is 31.2 Å². The van der Waals surface area contributed by atoms with Gasteiger partial charge < -0.3 is 19.4 Å². The number of aromatic nitrogens is 4. The zero-order valence-corrected chi connectivity index (χ0v) is 48.9. The van der Waals surface area contributed by atoms with E-state index in [9.17, 15) is 46.7 Å². The second-order valence-corrected chi connectivity index (χ2v) is 27.7. The number of hydrogen-bond acceptors (Lipinski definition) is 16. The Morgan fingerprint density at radius 2 is 1.23 bits per heavy atom. The molecule has 4 aromatic heterocycles. The number of anilines is 2. The number of rotatable bonds is 15. The number of non-ortho nitro benzene ring substituents is 2. The van der Waals surface area contributed by atoms with Gasteiger partial charge in [-0.05, 0) is 134 Å². The fourth-order valence-electron chi connectivity index (χ4n) is 7.64. The van der Waals surface area contributed by atoms with Crippen molar-refractivity contribution in [2.75, 3.05) is 23.3 Å². The Morgan fingerprint density at radius 3 is 1.73 bits per heavy atom. The van der Waals surface area contributed by atoms with Gasteiger partial charge in [0.05, 0.1) is 39.6 Å². The number of H-pyrrole nitrogens is 2. The average Bonchev–Trinajstić information content (AvgIpc) is 4.00. The highest BCUT2D eigenvalue weighted by molar-refractivity contribution is 9.11. The van der Waals surface area contributed by atoms with Gasteiger partial charge in [0.2, 0.25) is 20.0 Å². The van der Waals surface area contributed by atoms with Crippen molar-refractivity contribution in [1.82, 2.24) is 29.0 Å². The molecule has 5 heterocycles. The molecule has 0 spiro atoms. The summed E-state index contributed by atoms with van der Waals surface area (Å²) in [4.78, 5) is 60.9. The first-order chi connectivity index (χ1) is 36.7. The molecule has 4 aromatic carbocycles. The number of nitrogens with one attached hydrogen (secondary N) is 4. The van der Waals surface area contributed by atoms with Crippen molar-refractivity contribution in [3.05, 3.63) is 161 Å². The number of thiazole rings is 2. The number of ether oxygens (including phenoxy) is 2. The number of aromatic amines is 2. The molecule has 0 aliphatic carbocycles. The minimum atomic E-state index is -4.13. The molecule has 8 aromatic rings. The van der Waals surface area contributed by atoms with Crippen molar-refractivity contribution >= 4 is 130 Å². The fraction of sp³-hybridized carbons (Fsp3) is 0.321. The molecule has 1 saturated heterocycles. The number of fused-ring (bicyclic) bond motifs is 2. The maximum Gasteiger partial charge on any atom is 0.416 e. The average molecular weight is 1320 g/mol. The van der Waals surface area contributed by atoms with E-state index in [1.165, 1.54) is 68.3 Å². The van der Waals surface area contributed by atoms with E-state index in [2.05, 4.69) is 61.8 Å². The molecular formula is C53H64Br2N10O12S4. The molecule has 2 amide bonds. The maximum absolute atomic E-state index is 13.4. The van der Waals surface area contributed by atoms with Gasteiger partial charge in [-0.25, -0.2) is 41.1 Å². The summed E-state index contributed by atoms with van der Waals surface area (Å²) in [6.07, 6.45) is 6.58. The van der Waals surface area contributed by atoms with Gasteiger partial charge in [0.25, 0.3) is 11.4 Å². The van der Waals surface area contributed by atoms with E-state index in [0.717, 1.165) is 48.9 Å². The van der Waals surface area contributed by atoms with Crippen LogP contribution in [-0.4, -0.2) is 99.5 Å².